The van der Waals surface area contributed by atoms with Crippen molar-refractivity contribution in [1.29, 1.82) is 0 Å². The largest absolute Gasteiger partial charge is 0.465 e. The van der Waals surface area contributed by atoms with Crippen LogP contribution in [0.3, 0.4) is 0 Å². The van der Waals surface area contributed by atoms with Crippen molar-refractivity contribution in [2.24, 2.45) is 5.41 Å². The van der Waals surface area contributed by atoms with E-state index in [-0.39, 0.29) is 26.1 Å². The van der Waals surface area contributed by atoms with E-state index in [1.165, 1.54) is 0 Å². The first-order valence-electron chi connectivity index (χ1n) is 6.77. The third-order valence-electron chi connectivity index (χ3n) is 3.82. The number of rotatable bonds is 4. The van der Waals surface area contributed by atoms with Crippen molar-refractivity contribution < 1.29 is 28.7 Å². The molecule has 8 heteroatoms. The van der Waals surface area contributed by atoms with Gasteiger partial charge in [0.25, 0.3) is 0 Å². The minimum Gasteiger partial charge on any atom is -0.465 e. The molecule has 0 aromatic rings. The number of fused-ring (bicyclic) bond motifs is 1. The van der Waals surface area contributed by atoms with E-state index >= 15 is 0 Å². The lowest BCUT2D eigenvalue weighted by molar-refractivity contribution is -0.173. The quantitative estimate of drug-likeness (QED) is 0.319. The van der Waals surface area contributed by atoms with Crippen LogP contribution in [0.2, 0.25) is 0 Å². The Balaban J connectivity index is 2.53. The molecule has 2 atom stereocenters. The van der Waals surface area contributed by atoms with Gasteiger partial charge in [-0.3, -0.25) is 24.1 Å². The first-order chi connectivity index (χ1) is 9.92. The van der Waals surface area contributed by atoms with E-state index in [1.54, 1.807) is 13.8 Å². The maximum Gasteiger partial charge on any atom is 0.327 e. The number of nitrogens with zero attached hydrogens (tertiary/aromatic N) is 1. The summed E-state index contributed by atoms with van der Waals surface area (Å²) in [5.41, 5.74) is -1.98. The average molecular weight is 318 g/mol. The number of esters is 2. The fourth-order valence-corrected chi connectivity index (χ4v) is 3.37. The summed E-state index contributed by atoms with van der Waals surface area (Å²) >= 11 is 6.07. The molecular weight excluding hydrogens is 302 g/mol. The zero-order valence-electron chi connectivity index (χ0n) is 11.8. The van der Waals surface area contributed by atoms with Crippen LogP contribution < -0.4 is 0 Å². The summed E-state index contributed by atoms with van der Waals surface area (Å²) < 4.78 is 9.89. The van der Waals surface area contributed by atoms with Crippen molar-refractivity contribution >= 4 is 35.4 Å². The molecule has 2 heterocycles. The van der Waals surface area contributed by atoms with Gasteiger partial charge < -0.3 is 9.47 Å². The maximum atomic E-state index is 12.4. The Morgan fingerprint density at radius 2 is 1.76 bits per heavy atom. The Labute approximate surface area is 126 Å². The number of hydrogen-bond acceptors (Lipinski definition) is 6. The molecular formula is C13H16ClNO6. The molecule has 0 spiro atoms. The van der Waals surface area contributed by atoms with Crippen LogP contribution in [0.1, 0.15) is 26.7 Å². The lowest BCUT2D eigenvalue weighted by Gasteiger charge is -2.30. The highest BCUT2D eigenvalue weighted by atomic mass is 35.5. The Kier molecular flexibility index (Phi) is 4.22. The molecule has 0 aromatic carbocycles. The van der Waals surface area contributed by atoms with Gasteiger partial charge in [-0.05, 0) is 20.3 Å². The molecule has 0 bridgehead atoms. The predicted molar refractivity (Wildman–Crippen MR) is 70.2 cm³/mol. The minimum absolute atomic E-state index is 0.0262. The molecule has 2 fully saturated rings. The van der Waals surface area contributed by atoms with Gasteiger partial charge in [-0.2, -0.15) is 0 Å². The summed E-state index contributed by atoms with van der Waals surface area (Å²) in [6, 6.07) is -0.932. The van der Waals surface area contributed by atoms with Gasteiger partial charge in [0.1, 0.15) is 5.38 Å². The van der Waals surface area contributed by atoms with Crippen LogP contribution in [-0.4, -0.2) is 53.3 Å². The third-order valence-corrected chi connectivity index (χ3v) is 4.35. The molecule has 0 aromatic heterocycles. The fourth-order valence-electron chi connectivity index (χ4n) is 2.94. The topological polar surface area (TPSA) is 90.0 Å². The second-order valence-corrected chi connectivity index (χ2v) is 5.27. The number of carbonyl (C=O) groups is 4. The first-order valence-corrected chi connectivity index (χ1v) is 7.20. The maximum absolute atomic E-state index is 12.4. The van der Waals surface area contributed by atoms with Gasteiger partial charge in [0.2, 0.25) is 17.2 Å². The van der Waals surface area contributed by atoms with Crippen LogP contribution in [0.15, 0.2) is 0 Å². The second kappa shape index (κ2) is 5.63. The van der Waals surface area contributed by atoms with E-state index in [9.17, 15) is 19.2 Å². The standard InChI is InChI=1S/C13H16ClNO6/c1-3-20-11(18)13(12(19)21-4-2)7-5-6-8(16)15(7)10(17)9(13)14/h7,9H,3-6H2,1-2H3. The van der Waals surface area contributed by atoms with Crippen LogP contribution in [-0.2, 0) is 28.7 Å². The van der Waals surface area contributed by atoms with Gasteiger partial charge in [0.05, 0.1) is 19.3 Å². The van der Waals surface area contributed by atoms with E-state index in [4.69, 9.17) is 21.1 Å². The molecule has 2 aliphatic heterocycles. The van der Waals surface area contributed by atoms with Gasteiger partial charge in [-0.15, -0.1) is 11.6 Å². The molecule has 2 amide bonds. The molecule has 2 aliphatic rings. The zero-order chi connectivity index (χ0) is 15.8. The van der Waals surface area contributed by atoms with E-state index in [2.05, 4.69) is 0 Å². The van der Waals surface area contributed by atoms with E-state index < -0.39 is 40.6 Å². The van der Waals surface area contributed by atoms with Crippen LogP contribution in [0.25, 0.3) is 0 Å². The average Bonchev–Trinajstić information content (AvgIpc) is 2.91. The highest BCUT2D eigenvalue weighted by Crippen LogP contribution is 2.48. The van der Waals surface area contributed by atoms with Gasteiger partial charge >= 0.3 is 11.9 Å². The Bertz CT molecular complexity index is 487. The summed E-state index contributed by atoms with van der Waals surface area (Å²) in [5.74, 6) is -3.02. The minimum atomic E-state index is -1.98. The van der Waals surface area contributed by atoms with Gasteiger partial charge in [0, 0.05) is 6.42 Å². The number of ether oxygens (including phenoxy) is 2. The zero-order valence-corrected chi connectivity index (χ0v) is 12.5. The van der Waals surface area contributed by atoms with Crippen LogP contribution in [0.4, 0.5) is 0 Å². The lowest BCUT2D eigenvalue weighted by atomic mass is 9.78. The second-order valence-electron chi connectivity index (χ2n) is 4.83. The Hall–Kier alpha value is -1.63. The highest BCUT2D eigenvalue weighted by Gasteiger charge is 2.72. The van der Waals surface area contributed by atoms with Crippen LogP contribution in [0, 0.1) is 5.41 Å². The number of hydrogen-bond donors (Lipinski definition) is 0. The highest BCUT2D eigenvalue weighted by molar-refractivity contribution is 6.38. The smallest absolute Gasteiger partial charge is 0.327 e. The van der Waals surface area contributed by atoms with Crippen molar-refractivity contribution in [1.82, 2.24) is 4.90 Å². The summed E-state index contributed by atoms with van der Waals surface area (Å²) in [5, 5.41) is -1.50. The number of imide groups is 1. The number of alkyl halides is 1. The summed E-state index contributed by atoms with van der Waals surface area (Å²) in [4.78, 5) is 49.7. The van der Waals surface area contributed by atoms with Crippen LogP contribution in [0.5, 0.6) is 0 Å². The summed E-state index contributed by atoms with van der Waals surface area (Å²) in [7, 11) is 0. The van der Waals surface area contributed by atoms with Crippen molar-refractivity contribution in [2.75, 3.05) is 13.2 Å². The molecule has 2 unspecified atom stereocenters. The van der Waals surface area contributed by atoms with Gasteiger partial charge in [-0.25, -0.2) is 0 Å². The normalized spacial score (nSPS) is 26.7. The number of amides is 2. The summed E-state index contributed by atoms with van der Waals surface area (Å²) in [6.07, 6.45) is 0.270. The SMILES string of the molecule is CCOC(=O)C1(C(=O)OCC)C(Cl)C(=O)N2C(=O)CCC21. The Morgan fingerprint density at radius 3 is 2.24 bits per heavy atom. The predicted octanol–water partition coefficient (Wildman–Crippen LogP) is 0.238. The molecule has 21 heavy (non-hydrogen) atoms. The van der Waals surface area contributed by atoms with Crippen molar-refractivity contribution in [2.45, 2.75) is 38.1 Å². The molecule has 116 valence electrons. The van der Waals surface area contributed by atoms with E-state index in [0.717, 1.165) is 4.90 Å². The molecule has 0 saturated carbocycles. The monoisotopic (exact) mass is 317 g/mol. The number of carbonyl (C=O) groups excluding carboxylic acids is 4. The Morgan fingerprint density at radius 1 is 1.24 bits per heavy atom. The van der Waals surface area contributed by atoms with Crippen molar-refractivity contribution in [3.05, 3.63) is 0 Å². The van der Waals surface area contributed by atoms with Crippen molar-refractivity contribution in [3.8, 4) is 0 Å². The van der Waals surface area contributed by atoms with E-state index in [0.29, 0.717) is 0 Å². The lowest BCUT2D eigenvalue weighted by Crippen LogP contribution is -2.53. The molecule has 0 radical (unpaired) electrons. The van der Waals surface area contributed by atoms with Crippen LogP contribution >= 0.6 is 11.6 Å². The number of halogens is 1. The fraction of sp³-hybridized carbons (Fsp3) is 0.692. The van der Waals surface area contributed by atoms with Gasteiger partial charge in [-0.1, -0.05) is 0 Å². The van der Waals surface area contributed by atoms with E-state index in [1.807, 2.05) is 0 Å². The van der Waals surface area contributed by atoms with Gasteiger partial charge in [0.15, 0.2) is 0 Å². The first kappa shape index (κ1) is 15.8. The molecule has 2 rings (SSSR count). The molecule has 2 saturated heterocycles. The molecule has 0 aliphatic carbocycles. The molecule has 7 nitrogen and oxygen atoms in total. The third kappa shape index (κ3) is 2.02. The molecule has 0 N–H and O–H groups in total. The summed E-state index contributed by atoms with van der Waals surface area (Å²) in [6.45, 7) is 3.21. The van der Waals surface area contributed by atoms with Crippen molar-refractivity contribution in [3.63, 3.8) is 0 Å².